The van der Waals surface area contributed by atoms with E-state index in [1.54, 1.807) is 31.2 Å². The first-order chi connectivity index (χ1) is 18.2. The molecule has 0 unspecified atom stereocenters. The minimum atomic E-state index is -2.67. The highest BCUT2D eigenvalue weighted by atomic mass is 35.5. The molecular formula is C26H23Cl3F2N4O4. The fourth-order valence-corrected chi connectivity index (χ4v) is 4.06. The summed E-state index contributed by atoms with van der Waals surface area (Å²) in [6.07, 6.45) is -2.67. The Morgan fingerprint density at radius 2 is 1.77 bits per heavy atom. The lowest BCUT2D eigenvalue weighted by atomic mass is 10.1. The Labute approximate surface area is 238 Å². The van der Waals surface area contributed by atoms with E-state index in [1.165, 1.54) is 31.4 Å². The van der Waals surface area contributed by atoms with Crippen molar-refractivity contribution < 1.29 is 27.8 Å². The lowest BCUT2D eigenvalue weighted by Gasteiger charge is -2.13. The maximum atomic E-state index is 13.3. The molecule has 0 bridgehead atoms. The molecule has 0 spiro atoms. The van der Waals surface area contributed by atoms with Crippen molar-refractivity contribution in [2.24, 2.45) is 0 Å². The van der Waals surface area contributed by atoms with Gasteiger partial charge in [-0.15, -0.1) is 12.4 Å². The van der Waals surface area contributed by atoms with Crippen molar-refractivity contribution in [1.82, 2.24) is 9.97 Å². The molecule has 1 heterocycles. The molecule has 8 nitrogen and oxygen atoms in total. The van der Waals surface area contributed by atoms with Gasteiger partial charge in [0, 0.05) is 23.5 Å². The zero-order valence-electron chi connectivity index (χ0n) is 20.6. The van der Waals surface area contributed by atoms with Gasteiger partial charge in [0.25, 0.3) is 18.2 Å². The summed E-state index contributed by atoms with van der Waals surface area (Å²) in [6, 6.07) is 12.2. The number of ether oxygens (including phenoxy) is 2. The van der Waals surface area contributed by atoms with Crippen LogP contribution in [0.15, 0.2) is 48.5 Å². The summed E-state index contributed by atoms with van der Waals surface area (Å²) in [7, 11) is 1.51. The molecular weight excluding hydrogens is 577 g/mol. The van der Waals surface area contributed by atoms with E-state index in [2.05, 4.69) is 20.6 Å². The number of nitrogens with one attached hydrogen (secondary N) is 3. The number of hydrogen-bond donors (Lipinski definition) is 3. The normalized spacial score (nSPS) is 10.8. The predicted molar refractivity (Wildman–Crippen MR) is 149 cm³/mol. The highest BCUT2D eigenvalue weighted by molar-refractivity contribution is 6.34. The van der Waals surface area contributed by atoms with Crippen molar-refractivity contribution in [2.75, 3.05) is 24.4 Å². The number of rotatable bonds is 9. The van der Waals surface area contributed by atoms with Crippen LogP contribution in [-0.2, 0) is 11.3 Å². The maximum Gasteiger partial charge on any atom is 0.272 e. The molecule has 3 aromatic carbocycles. The fraction of sp³-hybridized carbons (Fsp3) is 0.192. The van der Waals surface area contributed by atoms with E-state index in [4.69, 9.17) is 32.7 Å². The van der Waals surface area contributed by atoms with Crippen LogP contribution in [0.5, 0.6) is 5.75 Å². The number of fused-ring (bicyclic) bond motifs is 1. The number of hydrogen-bond acceptors (Lipinski definition) is 5. The van der Waals surface area contributed by atoms with Gasteiger partial charge in [-0.1, -0.05) is 29.3 Å². The van der Waals surface area contributed by atoms with E-state index in [0.29, 0.717) is 33.1 Å². The number of anilines is 2. The first-order valence-corrected chi connectivity index (χ1v) is 12.0. The number of aromatic amines is 1. The third-order valence-corrected chi connectivity index (χ3v) is 6.23. The van der Waals surface area contributed by atoms with Crippen LogP contribution in [0.4, 0.5) is 20.2 Å². The lowest BCUT2D eigenvalue weighted by Crippen LogP contribution is -2.16. The largest absolute Gasteiger partial charge is 0.488 e. The molecule has 39 heavy (non-hydrogen) atoms. The molecule has 0 radical (unpaired) electrons. The number of carbonyl (C=O) groups excluding carboxylic acids is 2. The third-order valence-electron chi connectivity index (χ3n) is 5.49. The molecule has 0 saturated carbocycles. The van der Waals surface area contributed by atoms with Gasteiger partial charge in [0.2, 0.25) is 0 Å². The number of imidazole rings is 1. The summed E-state index contributed by atoms with van der Waals surface area (Å²) in [5.74, 6) is -0.575. The molecule has 4 rings (SSSR count). The Balaban J connectivity index is 0.00000420. The minimum absolute atomic E-state index is 0. The molecule has 206 valence electrons. The van der Waals surface area contributed by atoms with E-state index in [0.717, 1.165) is 0 Å². The van der Waals surface area contributed by atoms with Crippen LogP contribution in [0.2, 0.25) is 10.0 Å². The lowest BCUT2D eigenvalue weighted by molar-refractivity contribution is 0.0818. The number of aromatic nitrogens is 2. The second-order valence-corrected chi connectivity index (χ2v) is 9.02. The van der Waals surface area contributed by atoms with Gasteiger partial charge in [-0.05, 0) is 55.0 Å². The fourth-order valence-electron chi connectivity index (χ4n) is 3.68. The Morgan fingerprint density at radius 1 is 1.03 bits per heavy atom. The number of alkyl halides is 2. The highest BCUT2D eigenvalue weighted by Crippen LogP contribution is 2.28. The van der Waals surface area contributed by atoms with Crippen LogP contribution in [0.3, 0.4) is 0 Å². The molecule has 0 aliphatic heterocycles. The zero-order valence-corrected chi connectivity index (χ0v) is 22.9. The number of halogens is 5. The highest BCUT2D eigenvalue weighted by Gasteiger charge is 2.20. The van der Waals surface area contributed by atoms with E-state index in [-0.39, 0.29) is 46.6 Å². The van der Waals surface area contributed by atoms with E-state index >= 15 is 0 Å². The minimum Gasteiger partial charge on any atom is -0.488 e. The Bertz CT molecular complexity index is 1510. The van der Waals surface area contributed by atoms with Crippen LogP contribution < -0.4 is 15.4 Å². The second-order valence-electron chi connectivity index (χ2n) is 8.20. The van der Waals surface area contributed by atoms with E-state index in [1.807, 2.05) is 0 Å². The monoisotopic (exact) mass is 598 g/mol. The van der Waals surface area contributed by atoms with Gasteiger partial charge in [-0.2, -0.15) is 0 Å². The number of nitrogens with zero attached hydrogens (tertiary/aromatic N) is 1. The van der Waals surface area contributed by atoms with Gasteiger partial charge >= 0.3 is 0 Å². The van der Waals surface area contributed by atoms with Crippen LogP contribution in [0, 0.1) is 6.92 Å². The van der Waals surface area contributed by atoms with Gasteiger partial charge in [0.1, 0.15) is 30.3 Å². The zero-order chi connectivity index (χ0) is 27.4. The van der Waals surface area contributed by atoms with Crippen molar-refractivity contribution in [1.29, 1.82) is 0 Å². The summed E-state index contributed by atoms with van der Waals surface area (Å²) < 4.78 is 35.2. The van der Waals surface area contributed by atoms with Crippen molar-refractivity contribution in [2.45, 2.75) is 20.0 Å². The van der Waals surface area contributed by atoms with Gasteiger partial charge in [-0.25, -0.2) is 13.8 Å². The summed E-state index contributed by atoms with van der Waals surface area (Å²) in [5, 5.41) is 6.11. The smallest absolute Gasteiger partial charge is 0.272 e. The number of carbonyl (C=O) groups is 2. The molecule has 0 atom stereocenters. The predicted octanol–water partition coefficient (Wildman–Crippen LogP) is 6.89. The van der Waals surface area contributed by atoms with E-state index in [9.17, 15) is 18.4 Å². The van der Waals surface area contributed by atoms with Crippen LogP contribution in [0.1, 0.15) is 32.1 Å². The van der Waals surface area contributed by atoms with Crippen molar-refractivity contribution in [3.63, 3.8) is 0 Å². The van der Waals surface area contributed by atoms with Crippen molar-refractivity contribution >= 4 is 69.8 Å². The van der Waals surface area contributed by atoms with Crippen LogP contribution >= 0.6 is 35.6 Å². The molecule has 0 saturated heterocycles. The molecule has 0 fully saturated rings. The summed E-state index contributed by atoms with van der Waals surface area (Å²) in [5.41, 5.74) is 2.49. The summed E-state index contributed by atoms with van der Waals surface area (Å²) >= 11 is 12.4. The average molecular weight is 600 g/mol. The first-order valence-electron chi connectivity index (χ1n) is 11.3. The Morgan fingerprint density at radius 3 is 2.49 bits per heavy atom. The van der Waals surface area contributed by atoms with Crippen LogP contribution in [-0.4, -0.2) is 41.9 Å². The molecule has 1 aromatic heterocycles. The summed E-state index contributed by atoms with van der Waals surface area (Å²) in [4.78, 5) is 33.9. The van der Waals surface area contributed by atoms with E-state index < -0.39 is 24.8 Å². The van der Waals surface area contributed by atoms with Gasteiger partial charge < -0.3 is 25.1 Å². The van der Waals surface area contributed by atoms with Crippen LogP contribution in [0.25, 0.3) is 11.0 Å². The average Bonchev–Trinajstić information content (AvgIpc) is 3.28. The number of methoxy groups -OCH3 is 1. The second kappa shape index (κ2) is 13.1. The number of H-pyrrole nitrogens is 1. The SMILES string of the molecule is COCc1nc2c(C(=O)Nc3cccc(Cl)c3C)cc(NC(=O)c3cc(OCC(F)F)ccc3Cl)cc2[nH]1.Cl. The third kappa shape index (κ3) is 7.15. The van der Waals surface area contributed by atoms with Gasteiger partial charge in [0.05, 0.1) is 21.7 Å². The maximum absolute atomic E-state index is 13.3. The quantitative estimate of drug-likeness (QED) is 0.194. The Kier molecular flexibility index (Phi) is 10.1. The van der Waals surface area contributed by atoms with Gasteiger partial charge in [-0.3, -0.25) is 9.59 Å². The van der Waals surface area contributed by atoms with Gasteiger partial charge in [0.15, 0.2) is 0 Å². The molecule has 4 aromatic rings. The molecule has 0 aliphatic carbocycles. The topological polar surface area (TPSA) is 105 Å². The number of benzene rings is 3. The summed E-state index contributed by atoms with van der Waals surface area (Å²) in [6.45, 7) is 1.12. The van der Waals surface area contributed by atoms with Crippen molar-refractivity contribution in [3.8, 4) is 5.75 Å². The van der Waals surface area contributed by atoms with Crippen molar-refractivity contribution in [3.05, 3.63) is 81.1 Å². The molecule has 0 aliphatic rings. The molecule has 3 N–H and O–H groups in total. The number of amides is 2. The Hall–Kier alpha value is -3.44. The first kappa shape index (κ1) is 30.1. The molecule has 2 amide bonds. The molecule has 13 heteroatoms. The standard InChI is InChI=1S/C26H22Cl2F2N4O4.ClH/c1-13-18(27)4-3-5-20(13)33-26(36)17-8-14(9-21-24(17)34-23(32-21)12-37-2)31-25(35)16-10-15(6-7-19(16)28)38-11-22(29)30;/h3-10,22H,11-12H2,1-2H3,(H,31,35)(H,32,34)(H,33,36);1H.